The molecule has 0 bridgehead atoms. The van der Waals surface area contributed by atoms with Crippen molar-refractivity contribution in [2.24, 2.45) is 4.99 Å². The Morgan fingerprint density at radius 2 is 1.52 bits per heavy atom. The summed E-state index contributed by atoms with van der Waals surface area (Å²) in [6.45, 7) is 1.46. The summed E-state index contributed by atoms with van der Waals surface area (Å²) in [6.07, 6.45) is 0. The summed E-state index contributed by atoms with van der Waals surface area (Å²) in [5, 5.41) is 5.23. The van der Waals surface area contributed by atoms with Gasteiger partial charge in [-0.2, -0.15) is 4.99 Å². The normalized spacial score (nSPS) is 11.1. The quantitative estimate of drug-likeness (QED) is 0.530. The molecular formula is C17H14N2OS. The molecule has 4 heteroatoms. The molecule has 0 aliphatic heterocycles. The minimum atomic E-state index is -0.165. The molecule has 2 rings (SSSR count). The van der Waals surface area contributed by atoms with Crippen molar-refractivity contribution in [2.75, 3.05) is 0 Å². The second-order valence-electron chi connectivity index (χ2n) is 4.34. The van der Waals surface area contributed by atoms with Gasteiger partial charge in [-0.1, -0.05) is 60.7 Å². The lowest BCUT2D eigenvalue weighted by Crippen LogP contribution is -2.19. The van der Waals surface area contributed by atoms with Crippen molar-refractivity contribution < 1.29 is 4.79 Å². The maximum atomic E-state index is 11.5. The molecule has 1 N–H and O–H groups in total. The summed E-state index contributed by atoms with van der Waals surface area (Å²) in [5.41, 5.74) is 2.93. The summed E-state index contributed by atoms with van der Waals surface area (Å²) in [5.74, 6) is -0.165. The van der Waals surface area contributed by atoms with Gasteiger partial charge in [0.25, 0.3) is 0 Å². The average Bonchev–Trinajstić information content (AvgIpc) is 2.52. The van der Waals surface area contributed by atoms with Gasteiger partial charge < -0.3 is 5.32 Å². The average molecular weight is 294 g/mol. The summed E-state index contributed by atoms with van der Waals surface area (Å²) >= 11 is 4.75. The number of thiocarbonyl (C=S) groups is 1. The molecule has 0 aromatic heterocycles. The standard InChI is InChI=1S/C17H14N2OS/c1-13(20)19-17(15-10-6-3-7-11-15)16(18-12-21)14-8-4-2-5-9-14/h2-11H,1H3,(H,19,20). The maximum absolute atomic E-state index is 11.5. The molecule has 2 aromatic carbocycles. The van der Waals surface area contributed by atoms with Crippen LogP contribution < -0.4 is 5.32 Å². The number of amides is 1. The van der Waals surface area contributed by atoms with Crippen molar-refractivity contribution in [1.82, 2.24) is 5.32 Å². The number of hydrogen-bond acceptors (Lipinski definition) is 3. The molecule has 1 amide bonds. The number of aliphatic imine (C=N–C) groups is 1. The second-order valence-corrected chi connectivity index (χ2v) is 4.52. The first-order valence-electron chi connectivity index (χ1n) is 6.43. The highest BCUT2D eigenvalue weighted by Crippen LogP contribution is 2.25. The molecule has 0 radical (unpaired) electrons. The van der Waals surface area contributed by atoms with Crippen LogP contribution in [0.1, 0.15) is 18.1 Å². The van der Waals surface area contributed by atoms with Gasteiger partial charge in [0.05, 0.1) is 10.9 Å². The van der Waals surface area contributed by atoms with Crippen LogP contribution in [-0.4, -0.2) is 11.1 Å². The minimum absolute atomic E-state index is 0.165. The van der Waals surface area contributed by atoms with E-state index in [1.807, 2.05) is 60.7 Å². The van der Waals surface area contributed by atoms with Crippen molar-refractivity contribution in [2.45, 2.75) is 6.92 Å². The molecule has 0 aliphatic rings. The van der Waals surface area contributed by atoms with E-state index in [0.717, 1.165) is 11.1 Å². The van der Waals surface area contributed by atoms with E-state index < -0.39 is 0 Å². The molecule has 0 saturated heterocycles. The monoisotopic (exact) mass is 294 g/mol. The van der Waals surface area contributed by atoms with Gasteiger partial charge in [0.1, 0.15) is 5.70 Å². The van der Waals surface area contributed by atoms with Crippen LogP contribution in [0, 0.1) is 0 Å². The van der Waals surface area contributed by atoms with Crippen LogP contribution in [0.25, 0.3) is 11.4 Å². The zero-order valence-corrected chi connectivity index (χ0v) is 12.4. The summed E-state index contributed by atoms with van der Waals surface area (Å²) in [4.78, 5) is 15.7. The van der Waals surface area contributed by atoms with Crippen LogP contribution in [0.15, 0.2) is 65.7 Å². The second kappa shape index (κ2) is 7.29. The van der Waals surface area contributed by atoms with E-state index >= 15 is 0 Å². The lowest BCUT2D eigenvalue weighted by Gasteiger charge is -2.12. The SMILES string of the molecule is CC(=O)NC(=C(N=C=S)c1ccccc1)c1ccccc1. The fourth-order valence-corrected chi connectivity index (χ4v) is 2.05. The number of nitrogens with one attached hydrogen (secondary N) is 1. The van der Waals surface area contributed by atoms with E-state index in [1.54, 1.807) is 0 Å². The Balaban J connectivity index is 2.68. The highest BCUT2D eigenvalue weighted by atomic mass is 32.1. The number of rotatable bonds is 4. The highest BCUT2D eigenvalue weighted by Gasteiger charge is 2.12. The van der Waals surface area contributed by atoms with Gasteiger partial charge in [-0.25, -0.2) is 0 Å². The predicted molar refractivity (Wildman–Crippen MR) is 88.5 cm³/mol. The Hall–Kier alpha value is -2.55. The highest BCUT2D eigenvalue weighted by molar-refractivity contribution is 7.78. The van der Waals surface area contributed by atoms with Gasteiger partial charge >= 0.3 is 0 Å². The van der Waals surface area contributed by atoms with Crippen LogP contribution in [0.3, 0.4) is 0 Å². The molecule has 0 heterocycles. The molecule has 2 aromatic rings. The number of hydrogen-bond donors (Lipinski definition) is 1. The first-order chi connectivity index (χ1) is 10.2. The molecule has 0 atom stereocenters. The first kappa shape index (κ1) is 14.9. The van der Waals surface area contributed by atoms with Crippen LogP contribution >= 0.6 is 12.2 Å². The van der Waals surface area contributed by atoms with Crippen molar-refractivity contribution >= 4 is 34.7 Å². The smallest absolute Gasteiger partial charge is 0.221 e. The molecule has 0 aliphatic carbocycles. The van der Waals surface area contributed by atoms with Crippen LogP contribution in [0.5, 0.6) is 0 Å². The number of carbonyl (C=O) groups is 1. The Morgan fingerprint density at radius 1 is 1.00 bits per heavy atom. The van der Waals surface area contributed by atoms with E-state index in [9.17, 15) is 4.79 Å². The fourth-order valence-electron chi connectivity index (χ4n) is 1.96. The molecule has 3 nitrogen and oxygen atoms in total. The molecule has 21 heavy (non-hydrogen) atoms. The number of carbonyl (C=O) groups excluding carboxylic acids is 1. The van der Waals surface area contributed by atoms with E-state index in [-0.39, 0.29) is 5.91 Å². The van der Waals surface area contributed by atoms with Crippen molar-refractivity contribution in [1.29, 1.82) is 0 Å². The van der Waals surface area contributed by atoms with E-state index in [2.05, 4.69) is 15.5 Å². The third-order valence-corrected chi connectivity index (χ3v) is 2.90. The maximum Gasteiger partial charge on any atom is 0.221 e. The number of isothiocyanates is 1. The summed E-state index contributed by atoms with van der Waals surface area (Å²) in [6, 6.07) is 19.1. The van der Waals surface area contributed by atoms with E-state index in [0.29, 0.717) is 11.4 Å². The van der Waals surface area contributed by atoms with Gasteiger partial charge in [0.2, 0.25) is 5.91 Å². The largest absolute Gasteiger partial charge is 0.324 e. The molecule has 0 saturated carbocycles. The number of benzene rings is 2. The van der Waals surface area contributed by atoms with Crippen molar-refractivity contribution in [3.8, 4) is 0 Å². The van der Waals surface area contributed by atoms with Gasteiger partial charge in [-0.05, 0) is 12.2 Å². The number of nitrogens with zero attached hydrogens (tertiary/aromatic N) is 1. The lowest BCUT2D eigenvalue weighted by molar-refractivity contribution is -0.117. The van der Waals surface area contributed by atoms with Gasteiger partial charge in [0, 0.05) is 18.1 Å². The molecule has 104 valence electrons. The van der Waals surface area contributed by atoms with Crippen LogP contribution in [0.2, 0.25) is 0 Å². The predicted octanol–water partition coefficient (Wildman–Crippen LogP) is 3.75. The first-order valence-corrected chi connectivity index (χ1v) is 6.84. The van der Waals surface area contributed by atoms with Gasteiger partial charge in [0.15, 0.2) is 0 Å². The lowest BCUT2D eigenvalue weighted by atomic mass is 10.1. The van der Waals surface area contributed by atoms with Crippen LogP contribution in [0.4, 0.5) is 0 Å². The van der Waals surface area contributed by atoms with Crippen molar-refractivity contribution in [3.63, 3.8) is 0 Å². The third kappa shape index (κ3) is 3.96. The van der Waals surface area contributed by atoms with Crippen molar-refractivity contribution in [3.05, 3.63) is 71.8 Å². The van der Waals surface area contributed by atoms with Gasteiger partial charge in [-0.3, -0.25) is 4.79 Å². The summed E-state index contributed by atoms with van der Waals surface area (Å²) in [7, 11) is 0. The topological polar surface area (TPSA) is 41.5 Å². The molecular weight excluding hydrogens is 280 g/mol. The Labute approximate surface area is 129 Å². The minimum Gasteiger partial charge on any atom is -0.324 e. The fraction of sp³-hybridized carbons (Fsp3) is 0.0588. The van der Waals surface area contributed by atoms with E-state index in [1.165, 1.54) is 6.92 Å². The third-order valence-electron chi connectivity index (χ3n) is 2.80. The summed E-state index contributed by atoms with van der Waals surface area (Å²) < 4.78 is 0. The molecule has 0 unspecified atom stereocenters. The van der Waals surface area contributed by atoms with Crippen LogP contribution in [-0.2, 0) is 4.79 Å². The zero-order chi connectivity index (χ0) is 15.1. The Bertz CT molecular complexity index is 702. The van der Waals surface area contributed by atoms with Gasteiger partial charge in [-0.15, -0.1) is 0 Å². The zero-order valence-electron chi connectivity index (χ0n) is 11.5. The Morgan fingerprint density at radius 3 is 2.00 bits per heavy atom. The van der Waals surface area contributed by atoms with E-state index in [4.69, 9.17) is 12.2 Å². The Kier molecular flexibility index (Phi) is 5.16. The molecule has 0 fully saturated rings. The molecule has 0 spiro atoms.